The average molecular weight is 408 g/mol. The lowest BCUT2D eigenvalue weighted by atomic mass is 10.1. The molecular weight excluding hydrogens is 388 g/mol. The van der Waals surface area contributed by atoms with Crippen molar-refractivity contribution >= 4 is 20.9 Å². The second-order valence-electron chi connectivity index (χ2n) is 6.65. The van der Waals surface area contributed by atoms with E-state index in [1.54, 1.807) is 30.5 Å². The molecule has 0 aliphatic heterocycles. The Balaban J connectivity index is 1.55. The maximum atomic E-state index is 12.0. The van der Waals surface area contributed by atoms with Gasteiger partial charge >= 0.3 is 0 Å². The highest BCUT2D eigenvalue weighted by atomic mass is 32.2. The Labute approximate surface area is 168 Å². The number of nitrogens with zero attached hydrogens (tertiary/aromatic N) is 2. The molecular formula is C21H20N4O3S. The van der Waals surface area contributed by atoms with Crippen LogP contribution in [0.4, 0.5) is 0 Å². The van der Waals surface area contributed by atoms with Crippen molar-refractivity contribution in [2.75, 3.05) is 7.05 Å². The summed E-state index contributed by atoms with van der Waals surface area (Å²) in [4.78, 5) is 12.2. The van der Waals surface area contributed by atoms with E-state index in [-0.39, 0.29) is 4.90 Å². The quantitative estimate of drug-likeness (QED) is 0.508. The van der Waals surface area contributed by atoms with E-state index in [2.05, 4.69) is 25.7 Å². The van der Waals surface area contributed by atoms with E-state index in [4.69, 9.17) is 4.74 Å². The number of aromatic amines is 1. The molecule has 0 fully saturated rings. The number of fused-ring (bicyclic) bond motifs is 1. The molecule has 7 nitrogen and oxygen atoms in total. The van der Waals surface area contributed by atoms with Gasteiger partial charge in [-0.15, -0.1) is 0 Å². The van der Waals surface area contributed by atoms with Crippen molar-refractivity contribution in [3.8, 4) is 11.6 Å². The highest BCUT2D eigenvalue weighted by Crippen LogP contribution is 2.25. The third-order valence-corrected chi connectivity index (χ3v) is 5.88. The molecule has 0 atom stereocenters. The summed E-state index contributed by atoms with van der Waals surface area (Å²) in [6.45, 7) is 2.01. The van der Waals surface area contributed by atoms with E-state index in [0.29, 0.717) is 23.9 Å². The van der Waals surface area contributed by atoms with E-state index in [9.17, 15) is 8.42 Å². The summed E-state index contributed by atoms with van der Waals surface area (Å²) in [5.41, 5.74) is 2.93. The van der Waals surface area contributed by atoms with E-state index in [0.717, 1.165) is 22.2 Å². The van der Waals surface area contributed by atoms with Crippen LogP contribution in [0.3, 0.4) is 0 Å². The smallest absolute Gasteiger partial charge is 0.240 e. The van der Waals surface area contributed by atoms with Crippen LogP contribution in [0, 0.1) is 6.92 Å². The molecule has 8 heteroatoms. The van der Waals surface area contributed by atoms with Crippen molar-refractivity contribution in [2.45, 2.75) is 18.2 Å². The van der Waals surface area contributed by atoms with Crippen LogP contribution < -0.4 is 9.46 Å². The number of aromatic nitrogens is 3. The molecule has 0 aliphatic rings. The number of aryl methyl sites for hydroxylation is 1. The molecule has 4 aromatic rings. The molecule has 0 radical (unpaired) electrons. The van der Waals surface area contributed by atoms with Gasteiger partial charge in [-0.1, -0.05) is 12.1 Å². The van der Waals surface area contributed by atoms with Crippen LogP contribution in [0.25, 0.3) is 10.9 Å². The topological polar surface area (TPSA) is 97.0 Å². The molecule has 148 valence electrons. The first-order valence-corrected chi connectivity index (χ1v) is 10.5. The lowest BCUT2D eigenvalue weighted by molar-refractivity contribution is 0.459. The van der Waals surface area contributed by atoms with Gasteiger partial charge in [0.15, 0.2) is 0 Å². The van der Waals surface area contributed by atoms with Crippen molar-refractivity contribution in [1.29, 1.82) is 0 Å². The fourth-order valence-electron chi connectivity index (χ4n) is 3.09. The van der Waals surface area contributed by atoms with Crippen LogP contribution in [-0.2, 0) is 16.4 Å². The van der Waals surface area contributed by atoms with Crippen LogP contribution in [-0.4, -0.2) is 30.4 Å². The number of hydrogen-bond acceptors (Lipinski definition) is 5. The number of H-pyrrole nitrogens is 1. The fraction of sp³-hybridized carbons (Fsp3) is 0.143. The molecule has 29 heavy (non-hydrogen) atoms. The van der Waals surface area contributed by atoms with Gasteiger partial charge in [0.1, 0.15) is 11.6 Å². The second kappa shape index (κ2) is 7.65. The van der Waals surface area contributed by atoms with Crippen LogP contribution in [0.2, 0.25) is 0 Å². The van der Waals surface area contributed by atoms with Gasteiger partial charge < -0.3 is 9.72 Å². The van der Waals surface area contributed by atoms with E-state index in [1.807, 2.05) is 31.2 Å². The van der Waals surface area contributed by atoms with Gasteiger partial charge in [-0.2, -0.15) is 4.98 Å². The Morgan fingerprint density at radius 2 is 1.97 bits per heavy atom. The van der Waals surface area contributed by atoms with Crippen molar-refractivity contribution in [3.05, 3.63) is 77.9 Å². The predicted octanol–water partition coefficient (Wildman–Crippen LogP) is 3.56. The zero-order chi connectivity index (χ0) is 20.4. The third-order valence-electron chi connectivity index (χ3n) is 4.47. The normalized spacial score (nSPS) is 11.7. The highest BCUT2D eigenvalue weighted by molar-refractivity contribution is 7.89. The van der Waals surface area contributed by atoms with Gasteiger partial charge in [0.2, 0.25) is 15.9 Å². The Kier molecular flexibility index (Phi) is 5.04. The van der Waals surface area contributed by atoms with Gasteiger partial charge in [-0.25, -0.2) is 18.1 Å². The molecule has 4 rings (SSSR count). The number of ether oxygens (including phenoxy) is 1. The van der Waals surface area contributed by atoms with Crippen LogP contribution in [0.15, 0.2) is 65.7 Å². The minimum Gasteiger partial charge on any atom is -0.439 e. The summed E-state index contributed by atoms with van der Waals surface area (Å²) in [6.07, 6.45) is 2.02. The Morgan fingerprint density at radius 3 is 2.79 bits per heavy atom. The molecule has 0 bridgehead atoms. The standard InChI is InChI=1S/C21H20N4O3S/c1-14-10-16-13-17(6-7-19(16)24-14)28-21-8-9-23-20(25-21)12-15-4-3-5-18(11-15)29(26,27)22-2/h3-11,13,22,24H,12H2,1-2H3. The van der Waals surface area contributed by atoms with E-state index < -0.39 is 10.0 Å². The number of benzene rings is 2. The van der Waals surface area contributed by atoms with Gasteiger partial charge in [-0.3, -0.25) is 0 Å². The Morgan fingerprint density at radius 1 is 1.10 bits per heavy atom. The largest absolute Gasteiger partial charge is 0.439 e. The van der Waals surface area contributed by atoms with Gasteiger partial charge in [0.05, 0.1) is 4.90 Å². The van der Waals surface area contributed by atoms with Gasteiger partial charge in [0, 0.05) is 35.3 Å². The number of rotatable bonds is 6. The molecule has 0 saturated carbocycles. The minimum absolute atomic E-state index is 0.208. The van der Waals surface area contributed by atoms with Crippen molar-refractivity contribution in [1.82, 2.24) is 19.7 Å². The number of nitrogens with one attached hydrogen (secondary N) is 2. The minimum atomic E-state index is -3.50. The third kappa shape index (κ3) is 4.28. The molecule has 2 heterocycles. The number of sulfonamides is 1. The predicted molar refractivity (Wildman–Crippen MR) is 111 cm³/mol. The SMILES string of the molecule is CNS(=O)(=O)c1cccc(Cc2nccc(Oc3ccc4[nH]c(C)cc4c3)n2)c1. The zero-order valence-electron chi connectivity index (χ0n) is 16.0. The van der Waals surface area contributed by atoms with Crippen LogP contribution >= 0.6 is 0 Å². The molecule has 2 N–H and O–H groups in total. The van der Waals surface area contributed by atoms with Gasteiger partial charge in [-0.05, 0) is 55.9 Å². The molecule has 0 saturated heterocycles. The van der Waals surface area contributed by atoms with Gasteiger partial charge in [0.25, 0.3) is 0 Å². The summed E-state index contributed by atoms with van der Waals surface area (Å²) in [7, 11) is -2.11. The maximum Gasteiger partial charge on any atom is 0.240 e. The lowest BCUT2D eigenvalue weighted by Gasteiger charge is -2.08. The van der Waals surface area contributed by atoms with Crippen LogP contribution in [0.1, 0.15) is 17.1 Å². The van der Waals surface area contributed by atoms with E-state index in [1.165, 1.54) is 7.05 Å². The molecule has 0 aliphatic carbocycles. The van der Waals surface area contributed by atoms with Crippen LogP contribution in [0.5, 0.6) is 11.6 Å². The average Bonchev–Trinajstić information content (AvgIpc) is 3.08. The van der Waals surface area contributed by atoms with Crippen molar-refractivity contribution in [3.63, 3.8) is 0 Å². The second-order valence-corrected chi connectivity index (χ2v) is 8.53. The zero-order valence-corrected chi connectivity index (χ0v) is 16.8. The monoisotopic (exact) mass is 408 g/mol. The first kappa shape index (κ1) is 19.1. The molecule has 0 unspecified atom stereocenters. The number of hydrogen-bond donors (Lipinski definition) is 2. The molecule has 0 spiro atoms. The first-order chi connectivity index (χ1) is 13.9. The maximum absolute atomic E-state index is 12.0. The Hall–Kier alpha value is -3.23. The summed E-state index contributed by atoms with van der Waals surface area (Å²) in [5.74, 6) is 1.66. The Bertz CT molecular complexity index is 1280. The highest BCUT2D eigenvalue weighted by Gasteiger charge is 2.12. The summed E-state index contributed by atoms with van der Waals surface area (Å²) in [6, 6.07) is 16.3. The lowest BCUT2D eigenvalue weighted by Crippen LogP contribution is -2.18. The first-order valence-electron chi connectivity index (χ1n) is 9.04. The molecule has 2 aromatic heterocycles. The molecule has 2 aromatic carbocycles. The van der Waals surface area contributed by atoms with Crippen molar-refractivity contribution in [2.24, 2.45) is 0 Å². The summed E-state index contributed by atoms with van der Waals surface area (Å²) < 4.78 is 32.2. The summed E-state index contributed by atoms with van der Waals surface area (Å²) in [5, 5.41) is 1.07. The fourth-order valence-corrected chi connectivity index (χ4v) is 3.89. The molecule has 0 amide bonds. The van der Waals surface area contributed by atoms with Crippen molar-refractivity contribution < 1.29 is 13.2 Å². The summed E-state index contributed by atoms with van der Waals surface area (Å²) >= 11 is 0. The van der Waals surface area contributed by atoms with E-state index >= 15 is 0 Å².